The topological polar surface area (TPSA) is 67.4 Å². The average Bonchev–Trinajstić information content (AvgIpc) is 2.46. The second-order valence-corrected chi connectivity index (χ2v) is 4.50. The largest absolute Gasteiger partial charge is 0.465 e. The molecule has 0 radical (unpaired) electrons. The molecular formula is C15H22N2O3. The number of hydrogen-bond acceptors (Lipinski definition) is 4. The summed E-state index contributed by atoms with van der Waals surface area (Å²) in [6.45, 7) is 3.25. The number of anilines is 1. The molecule has 1 amide bonds. The van der Waals surface area contributed by atoms with Gasteiger partial charge < -0.3 is 15.4 Å². The van der Waals surface area contributed by atoms with Gasteiger partial charge in [-0.05, 0) is 31.2 Å². The average molecular weight is 278 g/mol. The fraction of sp³-hybridized carbons (Fsp3) is 0.467. The van der Waals surface area contributed by atoms with Crippen molar-refractivity contribution in [2.45, 2.75) is 26.2 Å². The maximum atomic E-state index is 11.7. The van der Waals surface area contributed by atoms with Gasteiger partial charge in [0.2, 0.25) is 5.91 Å². The number of amides is 1. The lowest BCUT2D eigenvalue weighted by atomic mass is 10.2. The number of unbranched alkanes of at least 4 members (excludes halogenated alkanes) is 2. The van der Waals surface area contributed by atoms with Crippen LogP contribution in [0.25, 0.3) is 0 Å². The zero-order valence-corrected chi connectivity index (χ0v) is 12.1. The Balaban J connectivity index is 2.40. The Morgan fingerprint density at radius 3 is 2.75 bits per heavy atom. The third-order valence-corrected chi connectivity index (χ3v) is 2.81. The molecule has 0 saturated heterocycles. The fourth-order valence-electron chi connectivity index (χ4n) is 1.75. The molecule has 2 N–H and O–H groups in total. The molecule has 20 heavy (non-hydrogen) atoms. The Morgan fingerprint density at radius 1 is 1.25 bits per heavy atom. The quantitative estimate of drug-likeness (QED) is 0.565. The van der Waals surface area contributed by atoms with Crippen LogP contribution in [0.2, 0.25) is 0 Å². The van der Waals surface area contributed by atoms with E-state index >= 15 is 0 Å². The van der Waals surface area contributed by atoms with E-state index in [1.807, 2.05) is 0 Å². The number of carbonyl (C=O) groups is 2. The number of ether oxygens (including phenoxy) is 1. The molecule has 0 fully saturated rings. The molecule has 110 valence electrons. The van der Waals surface area contributed by atoms with Gasteiger partial charge in [-0.25, -0.2) is 4.79 Å². The minimum absolute atomic E-state index is 0.122. The SMILES string of the molecule is CCCCCNCC(=O)Nc1cccc(C(=O)OC)c1. The zero-order chi connectivity index (χ0) is 14.8. The fourth-order valence-corrected chi connectivity index (χ4v) is 1.75. The normalized spacial score (nSPS) is 10.1. The molecule has 5 heteroatoms. The number of methoxy groups -OCH3 is 1. The second-order valence-electron chi connectivity index (χ2n) is 4.50. The third-order valence-electron chi connectivity index (χ3n) is 2.81. The molecule has 0 atom stereocenters. The molecule has 1 aromatic rings. The molecule has 0 heterocycles. The van der Waals surface area contributed by atoms with Gasteiger partial charge in [-0.2, -0.15) is 0 Å². The van der Waals surface area contributed by atoms with Crippen molar-refractivity contribution < 1.29 is 14.3 Å². The van der Waals surface area contributed by atoms with Crippen LogP contribution in [0.15, 0.2) is 24.3 Å². The lowest BCUT2D eigenvalue weighted by Crippen LogP contribution is -2.28. The summed E-state index contributed by atoms with van der Waals surface area (Å²) in [6.07, 6.45) is 3.39. The van der Waals surface area contributed by atoms with Crippen LogP contribution in [0, 0.1) is 0 Å². The number of benzene rings is 1. The van der Waals surface area contributed by atoms with Gasteiger partial charge in [-0.3, -0.25) is 4.79 Å². The van der Waals surface area contributed by atoms with Crippen molar-refractivity contribution in [3.05, 3.63) is 29.8 Å². The van der Waals surface area contributed by atoms with Gasteiger partial charge in [0.25, 0.3) is 0 Å². The summed E-state index contributed by atoms with van der Waals surface area (Å²) in [6, 6.07) is 6.68. The van der Waals surface area contributed by atoms with E-state index in [0.29, 0.717) is 11.3 Å². The second kappa shape index (κ2) is 9.09. The van der Waals surface area contributed by atoms with Crippen molar-refractivity contribution in [1.82, 2.24) is 5.32 Å². The Labute approximate surface area is 119 Å². The molecule has 0 aromatic heterocycles. The van der Waals surface area contributed by atoms with Gasteiger partial charge >= 0.3 is 5.97 Å². The van der Waals surface area contributed by atoms with Crippen LogP contribution >= 0.6 is 0 Å². The molecule has 5 nitrogen and oxygen atoms in total. The highest BCUT2D eigenvalue weighted by atomic mass is 16.5. The summed E-state index contributed by atoms with van der Waals surface area (Å²) in [5.41, 5.74) is 1.01. The van der Waals surface area contributed by atoms with Crippen LogP contribution in [0.1, 0.15) is 36.5 Å². The zero-order valence-electron chi connectivity index (χ0n) is 12.1. The molecule has 0 aliphatic rings. The van der Waals surface area contributed by atoms with Gasteiger partial charge in [-0.1, -0.05) is 25.8 Å². The first-order chi connectivity index (χ1) is 9.67. The van der Waals surface area contributed by atoms with Crippen molar-refractivity contribution in [2.24, 2.45) is 0 Å². The van der Waals surface area contributed by atoms with Gasteiger partial charge in [-0.15, -0.1) is 0 Å². The van der Waals surface area contributed by atoms with Crippen LogP contribution in [0.3, 0.4) is 0 Å². The Hall–Kier alpha value is -1.88. The molecule has 0 saturated carbocycles. The first kappa shape index (κ1) is 16.2. The van der Waals surface area contributed by atoms with Crippen LogP contribution in [0.4, 0.5) is 5.69 Å². The minimum atomic E-state index is -0.418. The predicted molar refractivity (Wildman–Crippen MR) is 78.8 cm³/mol. The van der Waals surface area contributed by atoms with E-state index in [-0.39, 0.29) is 12.5 Å². The highest BCUT2D eigenvalue weighted by molar-refractivity contribution is 5.95. The number of hydrogen-bond donors (Lipinski definition) is 2. The third kappa shape index (κ3) is 5.84. The molecule has 0 aliphatic heterocycles. The molecule has 1 aromatic carbocycles. The lowest BCUT2D eigenvalue weighted by Gasteiger charge is -2.07. The Kier molecular flexibility index (Phi) is 7.35. The van der Waals surface area contributed by atoms with E-state index in [1.54, 1.807) is 24.3 Å². The van der Waals surface area contributed by atoms with Crippen molar-refractivity contribution in [2.75, 3.05) is 25.5 Å². The summed E-state index contributed by atoms with van der Waals surface area (Å²) in [4.78, 5) is 23.1. The lowest BCUT2D eigenvalue weighted by molar-refractivity contribution is -0.115. The van der Waals surface area contributed by atoms with E-state index in [4.69, 9.17) is 0 Å². The van der Waals surface area contributed by atoms with Gasteiger partial charge in [0.15, 0.2) is 0 Å². The number of esters is 1. The summed E-state index contributed by atoms with van der Waals surface area (Å²) in [5.74, 6) is -0.540. The van der Waals surface area contributed by atoms with E-state index in [2.05, 4.69) is 22.3 Å². The van der Waals surface area contributed by atoms with Crippen LogP contribution in [0.5, 0.6) is 0 Å². The van der Waals surface area contributed by atoms with E-state index in [9.17, 15) is 9.59 Å². The maximum Gasteiger partial charge on any atom is 0.337 e. The Bertz CT molecular complexity index is 446. The highest BCUT2D eigenvalue weighted by Crippen LogP contribution is 2.11. The standard InChI is InChI=1S/C15H22N2O3/c1-3-4-5-9-16-11-14(18)17-13-8-6-7-12(10-13)15(19)20-2/h6-8,10,16H,3-5,9,11H2,1-2H3,(H,17,18). The van der Waals surface area contributed by atoms with Gasteiger partial charge in [0.05, 0.1) is 19.2 Å². The molecule has 0 unspecified atom stereocenters. The van der Waals surface area contributed by atoms with E-state index in [1.165, 1.54) is 7.11 Å². The first-order valence-corrected chi connectivity index (χ1v) is 6.86. The molecule has 0 aliphatic carbocycles. The molecule has 0 bridgehead atoms. The van der Waals surface area contributed by atoms with Crippen molar-refractivity contribution in [1.29, 1.82) is 0 Å². The summed E-state index contributed by atoms with van der Waals surface area (Å²) >= 11 is 0. The molecular weight excluding hydrogens is 256 g/mol. The summed E-state index contributed by atoms with van der Waals surface area (Å²) in [7, 11) is 1.33. The summed E-state index contributed by atoms with van der Waals surface area (Å²) < 4.78 is 4.63. The first-order valence-electron chi connectivity index (χ1n) is 6.86. The van der Waals surface area contributed by atoms with Crippen LogP contribution < -0.4 is 10.6 Å². The maximum absolute atomic E-state index is 11.7. The van der Waals surface area contributed by atoms with E-state index < -0.39 is 5.97 Å². The van der Waals surface area contributed by atoms with Gasteiger partial charge in [0, 0.05) is 5.69 Å². The molecule has 1 rings (SSSR count). The van der Waals surface area contributed by atoms with Crippen molar-refractivity contribution >= 4 is 17.6 Å². The minimum Gasteiger partial charge on any atom is -0.465 e. The Morgan fingerprint density at radius 2 is 2.05 bits per heavy atom. The highest BCUT2D eigenvalue weighted by Gasteiger charge is 2.07. The van der Waals surface area contributed by atoms with Crippen LogP contribution in [-0.4, -0.2) is 32.1 Å². The predicted octanol–water partition coefficient (Wildman–Crippen LogP) is 2.19. The van der Waals surface area contributed by atoms with E-state index in [0.717, 1.165) is 25.8 Å². The number of nitrogens with one attached hydrogen (secondary N) is 2. The van der Waals surface area contributed by atoms with Crippen LogP contribution in [-0.2, 0) is 9.53 Å². The number of carbonyl (C=O) groups excluding carboxylic acids is 2. The number of rotatable bonds is 8. The van der Waals surface area contributed by atoms with Gasteiger partial charge in [0.1, 0.15) is 0 Å². The monoisotopic (exact) mass is 278 g/mol. The van der Waals surface area contributed by atoms with Crippen molar-refractivity contribution in [3.8, 4) is 0 Å². The summed E-state index contributed by atoms with van der Waals surface area (Å²) in [5, 5.41) is 5.83. The smallest absolute Gasteiger partial charge is 0.337 e. The van der Waals surface area contributed by atoms with Crippen molar-refractivity contribution in [3.63, 3.8) is 0 Å². The molecule has 0 spiro atoms.